The van der Waals surface area contributed by atoms with Crippen LogP contribution in [0.5, 0.6) is 5.75 Å². The zero-order chi connectivity index (χ0) is 15.4. The third kappa shape index (κ3) is 3.60. The molecule has 0 heterocycles. The number of hydrogen-bond acceptors (Lipinski definition) is 3. The monoisotopic (exact) mass is 287 g/mol. The minimum absolute atomic E-state index is 0.0300. The maximum absolute atomic E-state index is 13.5. The van der Waals surface area contributed by atoms with Crippen molar-refractivity contribution in [2.75, 3.05) is 5.73 Å². The Morgan fingerprint density at radius 3 is 2.57 bits per heavy atom. The molecule has 2 aromatic carbocycles. The van der Waals surface area contributed by atoms with Gasteiger partial charge in [-0.25, -0.2) is 4.39 Å². The number of anilines is 1. The molecule has 0 atom stereocenters. The lowest BCUT2D eigenvalue weighted by Crippen LogP contribution is -2.08. The van der Waals surface area contributed by atoms with Crippen LogP contribution in [0.3, 0.4) is 0 Å². The van der Waals surface area contributed by atoms with E-state index in [1.54, 1.807) is 36.4 Å². The molecule has 2 aromatic rings. The minimum atomic E-state index is -0.317. The number of Topliss-reactive ketones (excluding diaryl/α,β-unsaturated/α-hetero) is 1. The van der Waals surface area contributed by atoms with Crippen LogP contribution in [0.2, 0.25) is 0 Å². The van der Waals surface area contributed by atoms with Crippen molar-refractivity contribution < 1.29 is 13.9 Å². The van der Waals surface area contributed by atoms with E-state index in [-0.39, 0.29) is 24.1 Å². The quantitative estimate of drug-likeness (QED) is 0.671. The molecule has 0 aromatic heterocycles. The number of halogens is 1. The second kappa shape index (κ2) is 6.39. The van der Waals surface area contributed by atoms with Gasteiger partial charge in [-0.3, -0.25) is 4.79 Å². The van der Waals surface area contributed by atoms with Crippen LogP contribution in [0.25, 0.3) is 0 Å². The summed E-state index contributed by atoms with van der Waals surface area (Å²) in [6.07, 6.45) is 0. The van der Waals surface area contributed by atoms with E-state index in [1.165, 1.54) is 6.07 Å². The first kappa shape index (κ1) is 15.0. The van der Waals surface area contributed by atoms with Gasteiger partial charge in [0.1, 0.15) is 18.2 Å². The molecule has 0 saturated heterocycles. The van der Waals surface area contributed by atoms with E-state index in [0.29, 0.717) is 22.6 Å². The summed E-state index contributed by atoms with van der Waals surface area (Å²) >= 11 is 0. The molecule has 0 fully saturated rings. The molecule has 3 nitrogen and oxygen atoms in total. The third-order valence-electron chi connectivity index (χ3n) is 3.16. The zero-order valence-electron chi connectivity index (χ0n) is 12.1. The topological polar surface area (TPSA) is 52.3 Å². The van der Waals surface area contributed by atoms with Crippen LogP contribution >= 0.6 is 0 Å². The number of carbonyl (C=O) groups is 1. The highest BCUT2D eigenvalue weighted by Gasteiger charge is 2.12. The van der Waals surface area contributed by atoms with E-state index in [4.69, 9.17) is 10.5 Å². The van der Waals surface area contributed by atoms with Crippen molar-refractivity contribution in [3.8, 4) is 5.75 Å². The van der Waals surface area contributed by atoms with Crippen LogP contribution in [0.1, 0.15) is 29.8 Å². The van der Waals surface area contributed by atoms with E-state index >= 15 is 0 Å². The number of nitrogens with two attached hydrogens (primary N) is 1. The van der Waals surface area contributed by atoms with Crippen molar-refractivity contribution in [1.82, 2.24) is 0 Å². The molecule has 0 aliphatic carbocycles. The second-order valence-corrected chi connectivity index (χ2v) is 5.15. The largest absolute Gasteiger partial charge is 0.487 e. The average Bonchev–Trinajstić information content (AvgIpc) is 2.46. The first-order valence-electron chi connectivity index (χ1n) is 6.79. The van der Waals surface area contributed by atoms with Gasteiger partial charge in [-0.2, -0.15) is 0 Å². The Kier molecular flexibility index (Phi) is 4.58. The molecule has 0 bridgehead atoms. The van der Waals surface area contributed by atoms with E-state index in [9.17, 15) is 9.18 Å². The molecule has 21 heavy (non-hydrogen) atoms. The van der Waals surface area contributed by atoms with Crippen molar-refractivity contribution in [1.29, 1.82) is 0 Å². The Labute approximate surface area is 123 Å². The van der Waals surface area contributed by atoms with E-state index < -0.39 is 0 Å². The number of nitrogen functional groups attached to an aromatic ring is 1. The first-order valence-corrected chi connectivity index (χ1v) is 6.79. The van der Waals surface area contributed by atoms with Gasteiger partial charge in [-0.05, 0) is 24.3 Å². The number of benzene rings is 2. The number of carbonyl (C=O) groups excluding carboxylic acids is 1. The summed E-state index contributed by atoms with van der Waals surface area (Å²) in [6, 6.07) is 11.3. The van der Waals surface area contributed by atoms with Gasteiger partial charge in [-0.1, -0.05) is 32.0 Å². The number of ketones is 1. The molecule has 0 unspecified atom stereocenters. The molecule has 0 saturated carbocycles. The van der Waals surface area contributed by atoms with Crippen molar-refractivity contribution in [3.05, 3.63) is 59.4 Å². The lowest BCUT2D eigenvalue weighted by Gasteiger charge is -2.11. The Morgan fingerprint density at radius 1 is 1.24 bits per heavy atom. The summed E-state index contributed by atoms with van der Waals surface area (Å²) in [4.78, 5) is 11.9. The molecule has 4 heteroatoms. The van der Waals surface area contributed by atoms with E-state index in [2.05, 4.69) is 0 Å². The first-order chi connectivity index (χ1) is 9.99. The predicted molar refractivity (Wildman–Crippen MR) is 80.8 cm³/mol. The van der Waals surface area contributed by atoms with Gasteiger partial charge in [0.2, 0.25) is 0 Å². The van der Waals surface area contributed by atoms with Crippen LogP contribution < -0.4 is 10.5 Å². The molecule has 0 spiro atoms. The number of rotatable bonds is 5. The summed E-state index contributed by atoms with van der Waals surface area (Å²) < 4.78 is 19.0. The van der Waals surface area contributed by atoms with Gasteiger partial charge in [0.25, 0.3) is 0 Å². The normalized spacial score (nSPS) is 10.7. The number of ether oxygens (including phenoxy) is 1. The summed E-state index contributed by atoms with van der Waals surface area (Å²) in [5.41, 5.74) is 7.28. The maximum Gasteiger partial charge on any atom is 0.165 e. The van der Waals surface area contributed by atoms with Gasteiger partial charge >= 0.3 is 0 Å². The summed E-state index contributed by atoms with van der Waals surface area (Å²) in [6.45, 7) is 3.76. The Bertz CT molecular complexity index is 653. The van der Waals surface area contributed by atoms with Crippen molar-refractivity contribution >= 4 is 11.5 Å². The Balaban J connectivity index is 2.12. The van der Waals surface area contributed by atoms with E-state index in [0.717, 1.165) is 0 Å². The standard InChI is InChI=1S/C17H18FNO2/c1-11(2)17(20)12-7-8-16(15(19)9-12)21-10-13-5-3-4-6-14(13)18/h3-9,11H,10,19H2,1-2H3. The highest BCUT2D eigenvalue weighted by Crippen LogP contribution is 2.25. The van der Waals surface area contributed by atoms with Crippen molar-refractivity contribution in [3.63, 3.8) is 0 Å². The van der Waals surface area contributed by atoms with Crippen molar-refractivity contribution in [2.45, 2.75) is 20.5 Å². The molecular weight excluding hydrogens is 269 g/mol. The fraction of sp³-hybridized carbons (Fsp3) is 0.235. The molecule has 110 valence electrons. The fourth-order valence-corrected chi connectivity index (χ4v) is 1.94. The zero-order valence-corrected chi connectivity index (χ0v) is 12.1. The second-order valence-electron chi connectivity index (χ2n) is 5.15. The minimum Gasteiger partial charge on any atom is -0.487 e. The highest BCUT2D eigenvalue weighted by molar-refractivity contribution is 5.98. The predicted octanol–water partition coefficient (Wildman–Crippen LogP) is 3.83. The van der Waals surface area contributed by atoms with Gasteiger partial charge < -0.3 is 10.5 Å². The summed E-state index contributed by atoms with van der Waals surface area (Å²) in [5.74, 6) is 0.0678. The fourth-order valence-electron chi connectivity index (χ4n) is 1.94. The Morgan fingerprint density at radius 2 is 1.95 bits per heavy atom. The molecule has 0 aliphatic rings. The summed E-state index contributed by atoms with van der Waals surface area (Å²) in [5, 5.41) is 0. The lowest BCUT2D eigenvalue weighted by molar-refractivity contribution is 0.0939. The van der Waals surface area contributed by atoms with Crippen LogP contribution in [-0.2, 0) is 6.61 Å². The SMILES string of the molecule is CC(C)C(=O)c1ccc(OCc2ccccc2F)c(N)c1. The van der Waals surface area contributed by atoms with Crippen LogP contribution in [-0.4, -0.2) is 5.78 Å². The number of hydrogen-bond donors (Lipinski definition) is 1. The van der Waals surface area contributed by atoms with Crippen LogP contribution in [0, 0.1) is 11.7 Å². The average molecular weight is 287 g/mol. The molecule has 0 aliphatic heterocycles. The lowest BCUT2D eigenvalue weighted by atomic mass is 10.0. The molecule has 2 N–H and O–H groups in total. The summed E-state index contributed by atoms with van der Waals surface area (Å²) in [7, 11) is 0. The van der Waals surface area contributed by atoms with E-state index in [1.807, 2.05) is 13.8 Å². The van der Waals surface area contributed by atoms with Crippen LogP contribution in [0.4, 0.5) is 10.1 Å². The molecule has 0 radical (unpaired) electrons. The molecule has 2 rings (SSSR count). The molecular formula is C17H18FNO2. The third-order valence-corrected chi connectivity index (χ3v) is 3.16. The maximum atomic E-state index is 13.5. The van der Waals surface area contributed by atoms with Gasteiger partial charge in [-0.15, -0.1) is 0 Å². The van der Waals surface area contributed by atoms with Gasteiger partial charge in [0.05, 0.1) is 5.69 Å². The van der Waals surface area contributed by atoms with Gasteiger partial charge in [0.15, 0.2) is 5.78 Å². The highest BCUT2D eigenvalue weighted by atomic mass is 19.1. The Hall–Kier alpha value is -2.36. The van der Waals surface area contributed by atoms with Crippen molar-refractivity contribution in [2.24, 2.45) is 5.92 Å². The smallest absolute Gasteiger partial charge is 0.165 e. The van der Waals surface area contributed by atoms with Crippen LogP contribution in [0.15, 0.2) is 42.5 Å². The van der Waals surface area contributed by atoms with Gasteiger partial charge in [0, 0.05) is 17.0 Å². The molecule has 0 amide bonds.